The van der Waals surface area contributed by atoms with Crippen LogP contribution in [0.25, 0.3) is 0 Å². The molecule has 3 aromatic rings. The van der Waals surface area contributed by atoms with Crippen LogP contribution in [0.5, 0.6) is 0 Å². The number of rotatable bonds is 6. The number of thiophene rings is 1. The number of benzene rings is 1. The smallest absolute Gasteiger partial charge is 0.225 e. The van der Waals surface area contributed by atoms with E-state index in [0.717, 1.165) is 41.6 Å². The van der Waals surface area contributed by atoms with Crippen LogP contribution in [-0.4, -0.2) is 16.6 Å². The molecule has 0 aliphatic heterocycles. The van der Waals surface area contributed by atoms with Gasteiger partial charge in [0, 0.05) is 22.7 Å². The topological polar surface area (TPSA) is 89.6 Å². The summed E-state index contributed by atoms with van der Waals surface area (Å²) in [5, 5.41) is 23.6. The van der Waals surface area contributed by atoms with Gasteiger partial charge in [-0.1, -0.05) is 30.3 Å². The Hall–Kier alpha value is -3.13. The first kappa shape index (κ1) is 24.0. The van der Waals surface area contributed by atoms with Gasteiger partial charge in [0.25, 0.3) is 0 Å². The highest BCUT2D eigenvalue weighted by molar-refractivity contribution is 7.99. The van der Waals surface area contributed by atoms with Gasteiger partial charge < -0.3 is 5.32 Å². The molecule has 172 valence electrons. The Bertz CT molecular complexity index is 1320. The number of hydrogen-bond donors (Lipinski definition) is 1. The molecule has 1 aliphatic carbocycles. The number of fused-ring (bicyclic) bond motifs is 1. The predicted molar refractivity (Wildman–Crippen MR) is 137 cm³/mol. The predicted octanol–water partition coefficient (Wildman–Crippen LogP) is 6.21. The van der Waals surface area contributed by atoms with Crippen LogP contribution in [0.4, 0.5) is 5.00 Å². The first-order valence-electron chi connectivity index (χ1n) is 11.3. The van der Waals surface area contributed by atoms with E-state index in [2.05, 4.69) is 46.7 Å². The van der Waals surface area contributed by atoms with Gasteiger partial charge in [-0.05, 0) is 68.2 Å². The lowest BCUT2D eigenvalue weighted by atomic mass is 9.83. The minimum atomic E-state index is -0.124. The summed E-state index contributed by atoms with van der Waals surface area (Å²) in [6, 6.07) is 15.1. The molecule has 1 N–H and O–H groups in total. The molecule has 0 saturated carbocycles. The number of thioether (sulfide) groups is 1. The zero-order valence-electron chi connectivity index (χ0n) is 19.6. The SMILES string of the molecule is Cc1nc(SCCC(=O)Nc2sc3c(c2C#N)CCC(c2ccccc2)C3)c(C#N)c(C)c1C. The molecule has 1 amide bonds. The van der Waals surface area contributed by atoms with Crippen molar-refractivity contribution in [3.63, 3.8) is 0 Å². The molecule has 0 bridgehead atoms. The van der Waals surface area contributed by atoms with Crippen molar-refractivity contribution < 1.29 is 4.79 Å². The second-order valence-electron chi connectivity index (χ2n) is 8.56. The van der Waals surface area contributed by atoms with Crippen molar-refractivity contribution in [2.75, 3.05) is 11.1 Å². The van der Waals surface area contributed by atoms with Gasteiger partial charge in [-0.15, -0.1) is 23.1 Å². The number of nitrogens with one attached hydrogen (secondary N) is 1. The maximum Gasteiger partial charge on any atom is 0.225 e. The first-order chi connectivity index (χ1) is 16.4. The molecule has 1 atom stereocenters. The van der Waals surface area contributed by atoms with Crippen molar-refractivity contribution in [1.82, 2.24) is 4.98 Å². The van der Waals surface area contributed by atoms with Gasteiger partial charge >= 0.3 is 0 Å². The number of anilines is 1. The third-order valence-electron chi connectivity index (χ3n) is 6.54. The molecule has 1 unspecified atom stereocenters. The summed E-state index contributed by atoms with van der Waals surface area (Å²) in [5.41, 5.74) is 6.50. The molecule has 7 heteroatoms. The zero-order valence-corrected chi connectivity index (χ0v) is 21.2. The third kappa shape index (κ3) is 4.87. The fourth-order valence-electron chi connectivity index (χ4n) is 4.38. The van der Waals surface area contributed by atoms with E-state index in [1.165, 1.54) is 33.5 Å². The summed E-state index contributed by atoms with van der Waals surface area (Å²) in [4.78, 5) is 18.5. The number of nitrogens with zero attached hydrogens (tertiary/aromatic N) is 3. The molecule has 1 aliphatic rings. The number of carbonyl (C=O) groups is 1. The highest BCUT2D eigenvalue weighted by atomic mass is 32.2. The number of pyridine rings is 1. The lowest BCUT2D eigenvalue weighted by Crippen LogP contribution is -2.13. The van der Waals surface area contributed by atoms with Crippen LogP contribution in [-0.2, 0) is 17.6 Å². The van der Waals surface area contributed by atoms with Crippen molar-refractivity contribution in [2.45, 2.75) is 57.4 Å². The summed E-state index contributed by atoms with van der Waals surface area (Å²) in [7, 11) is 0. The summed E-state index contributed by atoms with van der Waals surface area (Å²) in [6.07, 6.45) is 3.05. The Kier molecular flexibility index (Phi) is 7.36. The van der Waals surface area contributed by atoms with E-state index in [1.54, 1.807) is 0 Å². The Balaban J connectivity index is 1.41. The van der Waals surface area contributed by atoms with Gasteiger partial charge in [0.1, 0.15) is 22.2 Å². The summed E-state index contributed by atoms with van der Waals surface area (Å²) < 4.78 is 0. The quantitative estimate of drug-likeness (QED) is 0.419. The Morgan fingerprint density at radius 2 is 1.88 bits per heavy atom. The fraction of sp³-hybridized carbons (Fsp3) is 0.333. The van der Waals surface area contributed by atoms with Crippen LogP contribution in [0.15, 0.2) is 35.4 Å². The number of aromatic nitrogens is 1. The van der Waals surface area contributed by atoms with E-state index < -0.39 is 0 Å². The number of amides is 1. The molecule has 0 spiro atoms. The van der Waals surface area contributed by atoms with Gasteiger partial charge in [0.2, 0.25) is 5.91 Å². The number of hydrogen-bond acceptors (Lipinski definition) is 6. The number of carbonyl (C=O) groups excluding carboxylic acids is 1. The third-order valence-corrected chi connectivity index (χ3v) is 8.69. The van der Waals surface area contributed by atoms with E-state index in [9.17, 15) is 15.3 Å². The minimum absolute atomic E-state index is 0.124. The monoisotopic (exact) mass is 486 g/mol. The average Bonchev–Trinajstić information content (AvgIpc) is 3.19. The van der Waals surface area contributed by atoms with Crippen molar-refractivity contribution in [3.05, 3.63) is 74.3 Å². The first-order valence-corrected chi connectivity index (χ1v) is 13.1. The molecule has 34 heavy (non-hydrogen) atoms. The van der Waals surface area contributed by atoms with Crippen molar-refractivity contribution in [3.8, 4) is 12.1 Å². The van der Waals surface area contributed by atoms with Crippen LogP contribution in [0.2, 0.25) is 0 Å². The van der Waals surface area contributed by atoms with Gasteiger partial charge in [-0.2, -0.15) is 10.5 Å². The van der Waals surface area contributed by atoms with Gasteiger partial charge in [0.15, 0.2) is 0 Å². The molecule has 0 radical (unpaired) electrons. The number of nitriles is 2. The second-order valence-corrected chi connectivity index (χ2v) is 10.7. The molecule has 1 aromatic carbocycles. The van der Waals surface area contributed by atoms with Crippen LogP contribution >= 0.6 is 23.1 Å². The minimum Gasteiger partial charge on any atom is -0.317 e. The summed E-state index contributed by atoms with van der Waals surface area (Å²) in [6.45, 7) is 5.84. The summed E-state index contributed by atoms with van der Waals surface area (Å²) in [5.74, 6) is 0.835. The van der Waals surface area contributed by atoms with Gasteiger partial charge in [-0.3, -0.25) is 4.79 Å². The van der Waals surface area contributed by atoms with E-state index in [0.29, 0.717) is 32.8 Å². The Morgan fingerprint density at radius 3 is 2.59 bits per heavy atom. The molecule has 0 saturated heterocycles. The molecule has 0 fully saturated rings. The Labute approximate surface area is 208 Å². The fourth-order valence-corrected chi connectivity index (χ4v) is 6.70. The van der Waals surface area contributed by atoms with Crippen molar-refractivity contribution in [1.29, 1.82) is 10.5 Å². The van der Waals surface area contributed by atoms with Crippen LogP contribution < -0.4 is 5.32 Å². The van der Waals surface area contributed by atoms with Gasteiger partial charge in [-0.25, -0.2) is 4.98 Å². The highest BCUT2D eigenvalue weighted by Gasteiger charge is 2.27. The molecule has 4 rings (SSSR count). The van der Waals surface area contributed by atoms with Crippen LogP contribution in [0.3, 0.4) is 0 Å². The largest absolute Gasteiger partial charge is 0.317 e. The molecule has 5 nitrogen and oxygen atoms in total. The van der Waals surface area contributed by atoms with Crippen molar-refractivity contribution >= 4 is 34.0 Å². The second kappa shape index (κ2) is 10.4. The van der Waals surface area contributed by atoms with E-state index in [1.807, 2.05) is 26.8 Å². The Morgan fingerprint density at radius 1 is 1.15 bits per heavy atom. The molecular weight excluding hydrogens is 460 g/mol. The molecule has 2 heterocycles. The van der Waals surface area contributed by atoms with Crippen LogP contribution in [0, 0.1) is 43.4 Å². The average molecular weight is 487 g/mol. The maximum absolute atomic E-state index is 12.7. The van der Waals surface area contributed by atoms with Crippen molar-refractivity contribution in [2.24, 2.45) is 0 Å². The van der Waals surface area contributed by atoms with E-state index in [4.69, 9.17) is 0 Å². The van der Waals surface area contributed by atoms with E-state index in [-0.39, 0.29) is 12.3 Å². The lowest BCUT2D eigenvalue weighted by Gasteiger charge is -2.22. The van der Waals surface area contributed by atoms with Crippen LogP contribution in [0.1, 0.15) is 62.7 Å². The highest BCUT2D eigenvalue weighted by Crippen LogP contribution is 2.42. The molecular formula is C27H26N4OS2. The lowest BCUT2D eigenvalue weighted by molar-refractivity contribution is -0.115. The van der Waals surface area contributed by atoms with Gasteiger partial charge in [0.05, 0.1) is 11.1 Å². The number of aryl methyl sites for hydroxylation is 1. The normalized spacial score (nSPS) is 14.7. The maximum atomic E-state index is 12.7. The summed E-state index contributed by atoms with van der Waals surface area (Å²) >= 11 is 2.96. The van der Waals surface area contributed by atoms with E-state index >= 15 is 0 Å². The zero-order chi connectivity index (χ0) is 24.2. The standard InChI is InChI=1S/C27H26N4OS2/c1-16-17(2)22(14-28)26(30-18(16)3)33-12-11-25(32)31-27-23(15-29)21-10-9-20(13-24(21)34-27)19-7-5-4-6-8-19/h4-8,20H,9-13H2,1-3H3,(H,31,32). The molecule has 2 aromatic heterocycles.